The fourth-order valence-electron chi connectivity index (χ4n) is 3.72. The first-order valence-electron chi connectivity index (χ1n) is 9.82. The van der Waals surface area contributed by atoms with E-state index in [1.54, 1.807) is 0 Å². The Morgan fingerprint density at radius 1 is 1.15 bits per heavy atom. The largest absolute Gasteiger partial charge is 0.491 e. The van der Waals surface area contributed by atoms with Gasteiger partial charge in [0.15, 0.2) is 6.29 Å². The van der Waals surface area contributed by atoms with Gasteiger partial charge in [0, 0.05) is 6.54 Å². The van der Waals surface area contributed by atoms with E-state index in [2.05, 4.69) is 37.8 Å². The molecule has 26 heavy (non-hydrogen) atoms. The second kappa shape index (κ2) is 8.70. The molecule has 0 amide bonds. The molecule has 2 unspecified atom stereocenters. The van der Waals surface area contributed by atoms with Gasteiger partial charge in [0.1, 0.15) is 18.5 Å². The molecule has 3 rings (SSSR count). The molecule has 0 spiro atoms. The van der Waals surface area contributed by atoms with Crippen LogP contribution in [0.4, 0.5) is 0 Å². The molecule has 1 N–H and O–H groups in total. The first-order chi connectivity index (χ1) is 12.4. The molecule has 2 fully saturated rings. The van der Waals surface area contributed by atoms with Gasteiger partial charge in [0.05, 0.1) is 19.3 Å². The minimum Gasteiger partial charge on any atom is -0.491 e. The van der Waals surface area contributed by atoms with Crippen LogP contribution in [0.2, 0.25) is 0 Å². The maximum atomic E-state index is 10.5. The molecule has 0 bridgehead atoms. The molecule has 1 aromatic carbocycles. The Morgan fingerprint density at radius 2 is 1.85 bits per heavy atom. The van der Waals surface area contributed by atoms with Crippen molar-refractivity contribution in [3.05, 3.63) is 29.8 Å². The molecule has 2 aliphatic rings. The van der Waals surface area contributed by atoms with E-state index in [0.29, 0.717) is 26.4 Å². The quantitative estimate of drug-likeness (QED) is 0.842. The molecule has 2 heterocycles. The highest BCUT2D eigenvalue weighted by Crippen LogP contribution is 2.26. The first kappa shape index (κ1) is 19.6. The summed E-state index contributed by atoms with van der Waals surface area (Å²) in [5, 5.41) is 10.5. The highest BCUT2D eigenvalue weighted by molar-refractivity contribution is 5.31. The molecule has 0 aromatic heterocycles. The number of hydrogen-bond acceptors (Lipinski definition) is 5. The Balaban J connectivity index is 1.49. The summed E-state index contributed by atoms with van der Waals surface area (Å²) in [6, 6.07) is 8.40. The Bertz CT molecular complexity index is 548. The van der Waals surface area contributed by atoms with Crippen molar-refractivity contribution >= 4 is 0 Å². The lowest BCUT2D eigenvalue weighted by Gasteiger charge is -2.38. The third-order valence-electron chi connectivity index (χ3n) is 5.23. The summed E-state index contributed by atoms with van der Waals surface area (Å²) >= 11 is 0. The highest BCUT2D eigenvalue weighted by Gasteiger charge is 2.34. The van der Waals surface area contributed by atoms with Crippen molar-refractivity contribution < 1.29 is 19.3 Å². The van der Waals surface area contributed by atoms with Crippen LogP contribution in [0.3, 0.4) is 0 Å². The van der Waals surface area contributed by atoms with Crippen molar-refractivity contribution in [3.63, 3.8) is 0 Å². The fourth-order valence-corrected chi connectivity index (χ4v) is 3.72. The summed E-state index contributed by atoms with van der Waals surface area (Å²) < 4.78 is 17.2. The van der Waals surface area contributed by atoms with Gasteiger partial charge in [0.25, 0.3) is 0 Å². The van der Waals surface area contributed by atoms with Crippen molar-refractivity contribution in [2.24, 2.45) is 0 Å². The summed E-state index contributed by atoms with van der Waals surface area (Å²) in [4.78, 5) is 2.30. The van der Waals surface area contributed by atoms with Crippen LogP contribution in [0.15, 0.2) is 24.3 Å². The topological polar surface area (TPSA) is 51.2 Å². The number of rotatable bonds is 6. The number of ether oxygens (including phenoxy) is 3. The molecule has 0 radical (unpaired) electrons. The number of aliphatic hydroxyl groups excluding tert-OH is 1. The molecule has 1 aromatic rings. The Labute approximate surface area is 157 Å². The van der Waals surface area contributed by atoms with E-state index < -0.39 is 6.10 Å². The van der Waals surface area contributed by atoms with E-state index in [9.17, 15) is 5.11 Å². The molecular formula is C21H33NO4. The molecule has 146 valence electrons. The summed E-state index contributed by atoms with van der Waals surface area (Å²) in [5.41, 5.74) is 1.41. The van der Waals surface area contributed by atoms with Gasteiger partial charge in [-0.1, -0.05) is 39.3 Å². The number of hydrogen-bond donors (Lipinski definition) is 1. The van der Waals surface area contributed by atoms with E-state index in [-0.39, 0.29) is 17.7 Å². The summed E-state index contributed by atoms with van der Waals surface area (Å²) in [6.45, 7) is 9.79. The number of benzene rings is 1. The average Bonchev–Trinajstić information content (AvgIpc) is 3.14. The lowest BCUT2D eigenvalue weighted by molar-refractivity contribution is -0.115. The molecule has 0 saturated carbocycles. The maximum absolute atomic E-state index is 10.5. The molecule has 2 saturated heterocycles. The predicted molar refractivity (Wildman–Crippen MR) is 102 cm³/mol. The minimum absolute atomic E-state index is 0.131. The van der Waals surface area contributed by atoms with Crippen LogP contribution in [-0.2, 0) is 14.9 Å². The Morgan fingerprint density at radius 3 is 2.50 bits per heavy atom. The van der Waals surface area contributed by atoms with Gasteiger partial charge in [-0.2, -0.15) is 0 Å². The second-order valence-corrected chi connectivity index (χ2v) is 8.41. The van der Waals surface area contributed by atoms with Crippen molar-refractivity contribution in [1.29, 1.82) is 0 Å². The summed E-state index contributed by atoms with van der Waals surface area (Å²) in [7, 11) is 0. The van der Waals surface area contributed by atoms with Gasteiger partial charge < -0.3 is 19.3 Å². The van der Waals surface area contributed by atoms with Crippen molar-refractivity contribution in [3.8, 4) is 5.75 Å². The Hall–Kier alpha value is -1.14. The smallest absolute Gasteiger partial charge is 0.173 e. The van der Waals surface area contributed by atoms with E-state index in [4.69, 9.17) is 14.2 Å². The van der Waals surface area contributed by atoms with E-state index in [1.165, 1.54) is 12.0 Å². The fraction of sp³-hybridized carbons (Fsp3) is 0.714. The average molecular weight is 363 g/mol. The number of piperidine rings is 1. The van der Waals surface area contributed by atoms with E-state index in [1.807, 2.05) is 12.1 Å². The van der Waals surface area contributed by atoms with Gasteiger partial charge >= 0.3 is 0 Å². The SMILES string of the molecule is CC(C)(C)c1ccc(OCC(O)CN2CCCCC2C2OCCO2)cc1. The lowest BCUT2D eigenvalue weighted by Crippen LogP contribution is -2.50. The number of β-amino-alcohol motifs (C(OH)–C–C–N with tert-alkyl or cyclic N) is 1. The normalized spacial score (nSPS) is 23.9. The third kappa shape index (κ3) is 5.19. The van der Waals surface area contributed by atoms with Crippen LogP contribution < -0.4 is 4.74 Å². The van der Waals surface area contributed by atoms with Crippen LogP contribution in [0.25, 0.3) is 0 Å². The number of likely N-dealkylation sites (tertiary alicyclic amines) is 1. The van der Waals surface area contributed by atoms with Crippen LogP contribution >= 0.6 is 0 Å². The lowest BCUT2D eigenvalue weighted by atomic mass is 9.87. The Kier molecular flexibility index (Phi) is 6.56. The monoisotopic (exact) mass is 363 g/mol. The molecular weight excluding hydrogens is 330 g/mol. The molecule has 2 aliphatic heterocycles. The van der Waals surface area contributed by atoms with E-state index >= 15 is 0 Å². The summed E-state index contributed by atoms with van der Waals surface area (Å²) in [6.07, 6.45) is 2.74. The second-order valence-electron chi connectivity index (χ2n) is 8.41. The molecule has 5 heteroatoms. The zero-order chi connectivity index (χ0) is 18.6. The van der Waals surface area contributed by atoms with Gasteiger partial charge in [-0.25, -0.2) is 0 Å². The number of aliphatic hydroxyl groups is 1. The third-order valence-corrected chi connectivity index (χ3v) is 5.23. The minimum atomic E-state index is -0.528. The van der Waals surface area contributed by atoms with Crippen LogP contribution in [0.5, 0.6) is 5.75 Å². The van der Waals surface area contributed by atoms with Gasteiger partial charge in [-0.3, -0.25) is 4.90 Å². The van der Waals surface area contributed by atoms with Crippen molar-refractivity contribution in [1.82, 2.24) is 4.90 Å². The summed E-state index contributed by atoms with van der Waals surface area (Å²) in [5.74, 6) is 0.801. The molecule has 0 aliphatic carbocycles. The molecule has 2 atom stereocenters. The van der Waals surface area contributed by atoms with Gasteiger partial charge in [-0.15, -0.1) is 0 Å². The zero-order valence-electron chi connectivity index (χ0n) is 16.3. The van der Waals surface area contributed by atoms with Crippen molar-refractivity contribution in [2.45, 2.75) is 63.9 Å². The van der Waals surface area contributed by atoms with Gasteiger partial charge in [0.2, 0.25) is 0 Å². The standard InChI is InChI=1S/C21H33NO4/c1-21(2,3)16-7-9-18(10-8-16)26-15-17(23)14-22-11-5-4-6-19(22)20-24-12-13-25-20/h7-10,17,19-20,23H,4-6,11-15H2,1-3H3. The predicted octanol–water partition coefficient (Wildman–Crippen LogP) is 2.95. The first-order valence-corrected chi connectivity index (χ1v) is 9.82. The van der Waals surface area contributed by atoms with Crippen LogP contribution in [0, 0.1) is 0 Å². The zero-order valence-corrected chi connectivity index (χ0v) is 16.3. The van der Waals surface area contributed by atoms with Crippen molar-refractivity contribution in [2.75, 3.05) is 32.9 Å². The van der Waals surface area contributed by atoms with E-state index in [0.717, 1.165) is 25.1 Å². The maximum Gasteiger partial charge on any atom is 0.173 e. The van der Waals surface area contributed by atoms with Crippen LogP contribution in [0.1, 0.15) is 45.6 Å². The highest BCUT2D eigenvalue weighted by atomic mass is 16.7. The number of nitrogens with zero attached hydrogens (tertiary/aromatic N) is 1. The molecule has 5 nitrogen and oxygen atoms in total. The van der Waals surface area contributed by atoms with Crippen LogP contribution in [-0.4, -0.2) is 61.4 Å². The van der Waals surface area contributed by atoms with Gasteiger partial charge in [-0.05, 0) is 42.5 Å².